The minimum Gasteiger partial charge on any atom is -0.364 e. The number of carbonyl (C=O) groups excluding carboxylic acids is 2. The van der Waals surface area contributed by atoms with E-state index in [1.165, 1.54) is 11.1 Å². The highest BCUT2D eigenvalue weighted by molar-refractivity contribution is 5.90. The molecule has 0 spiro atoms. The summed E-state index contributed by atoms with van der Waals surface area (Å²) in [7, 11) is 0. The third-order valence-corrected chi connectivity index (χ3v) is 5.39. The second-order valence-electron chi connectivity index (χ2n) is 7.70. The van der Waals surface area contributed by atoms with Crippen molar-refractivity contribution >= 4 is 12.2 Å². The number of carbonyl (C=O) groups is 2. The van der Waals surface area contributed by atoms with Gasteiger partial charge in [0.2, 0.25) is 0 Å². The number of rotatable bonds is 6. The Morgan fingerprint density at radius 1 is 1.16 bits per heavy atom. The molecule has 3 aromatic rings. The fourth-order valence-electron chi connectivity index (χ4n) is 3.64. The van der Waals surface area contributed by atoms with Gasteiger partial charge < -0.3 is 5.73 Å². The first-order valence-electron chi connectivity index (χ1n) is 10.4. The van der Waals surface area contributed by atoms with Crippen LogP contribution in [0.25, 0.3) is 11.1 Å². The number of primary amides is 1. The summed E-state index contributed by atoms with van der Waals surface area (Å²) in [5.74, 6) is 5.83. The maximum atomic E-state index is 11.4. The van der Waals surface area contributed by atoms with E-state index < -0.39 is 5.91 Å². The third kappa shape index (κ3) is 4.76. The van der Waals surface area contributed by atoms with Crippen LogP contribution >= 0.6 is 0 Å². The van der Waals surface area contributed by atoms with Crippen LogP contribution in [0.4, 0.5) is 0 Å². The van der Waals surface area contributed by atoms with Crippen LogP contribution in [0.5, 0.6) is 0 Å². The smallest absolute Gasteiger partial charge is 0.269 e. The first-order valence-corrected chi connectivity index (χ1v) is 10.4. The molecule has 0 aliphatic heterocycles. The summed E-state index contributed by atoms with van der Waals surface area (Å²) in [6.45, 7) is 1.89. The lowest BCUT2D eigenvalue weighted by molar-refractivity contribution is 0.0994. The predicted octanol–water partition coefficient (Wildman–Crippen LogP) is 4.44. The second kappa shape index (κ2) is 9.32. The Hall–Kier alpha value is -4.17. The van der Waals surface area contributed by atoms with Gasteiger partial charge in [0.1, 0.15) is 18.0 Å². The summed E-state index contributed by atoms with van der Waals surface area (Å²) < 4.78 is 1.73. The molecule has 158 valence electrons. The van der Waals surface area contributed by atoms with Crippen molar-refractivity contribution in [3.8, 4) is 23.0 Å². The van der Waals surface area contributed by atoms with Crippen molar-refractivity contribution < 1.29 is 9.59 Å². The quantitative estimate of drug-likeness (QED) is 0.472. The SMILES string of the molecule is Cc1cc(C(N)=O)nn1C1C#CC/C=C(Cc2ccc(-c3ccc(C=O)cc3)cc2)\C=C/1. The van der Waals surface area contributed by atoms with Crippen LogP contribution in [0.2, 0.25) is 0 Å². The average Bonchev–Trinajstić information content (AvgIpc) is 3.18. The van der Waals surface area contributed by atoms with E-state index in [9.17, 15) is 9.59 Å². The fraction of sp³-hybridized carbons (Fsp3) is 0.148. The molecule has 0 fully saturated rings. The van der Waals surface area contributed by atoms with E-state index in [2.05, 4.69) is 53.4 Å². The summed E-state index contributed by atoms with van der Waals surface area (Å²) in [5, 5.41) is 4.31. The summed E-state index contributed by atoms with van der Waals surface area (Å²) in [6.07, 6.45) is 8.51. The number of aldehydes is 1. The molecule has 1 unspecified atom stereocenters. The molecule has 5 nitrogen and oxygen atoms in total. The van der Waals surface area contributed by atoms with E-state index in [1.54, 1.807) is 10.7 Å². The first kappa shape index (κ1) is 21.1. The highest BCUT2D eigenvalue weighted by Crippen LogP contribution is 2.22. The standard InChI is InChI=1S/C27H23N3O2/c1-19-16-26(27(28)32)29-30(19)25-5-3-2-4-20(10-15-25)17-21-6-11-23(12-7-21)24-13-8-22(18-31)9-14-24/h4,6-16,18,25H,2,17H2,1H3,(H2,28,32)/b15-10-,20-4+. The Labute approximate surface area is 187 Å². The van der Waals surface area contributed by atoms with Crippen molar-refractivity contribution in [1.82, 2.24) is 9.78 Å². The molecule has 1 aliphatic carbocycles. The lowest BCUT2D eigenvalue weighted by atomic mass is 9.98. The van der Waals surface area contributed by atoms with Crippen LogP contribution < -0.4 is 5.73 Å². The maximum Gasteiger partial charge on any atom is 0.269 e. The number of allylic oxidation sites excluding steroid dienone is 4. The maximum absolute atomic E-state index is 11.4. The van der Waals surface area contributed by atoms with Gasteiger partial charge in [-0.2, -0.15) is 5.10 Å². The number of hydrogen-bond acceptors (Lipinski definition) is 3. The van der Waals surface area contributed by atoms with Crippen molar-refractivity contribution in [2.45, 2.75) is 25.8 Å². The van der Waals surface area contributed by atoms with Gasteiger partial charge in [0.25, 0.3) is 5.91 Å². The van der Waals surface area contributed by atoms with Gasteiger partial charge in [-0.25, -0.2) is 0 Å². The molecule has 1 atom stereocenters. The number of aryl methyl sites for hydroxylation is 1. The highest BCUT2D eigenvalue weighted by Gasteiger charge is 2.14. The summed E-state index contributed by atoms with van der Waals surface area (Å²) in [5.41, 5.74) is 11.7. The molecule has 5 heteroatoms. The van der Waals surface area contributed by atoms with Crippen LogP contribution in [0.1, 0.15) is 44.6 Å². The fourth-order valence-corrected chi connectivity index (χ4v) is 3.64. The zero-order valence-corrected chi connectivity index (χ0v) is 17.8. The summed E-state index contributed by atoms with van der Waals surface area (Å²) in [6, 6.07) is 17.4. The molecule has 1 aromatic heterocycles. The Morgan fingerprint density at radius 2 is 1.84 bits per heavy atom. The van der Waals surface area contributed by atoms with E-state index in [0.29, 0.717) is 12.0 Å². The Morgan fingerprint density at radius 3 is 2.47 bits per heavy atom. The number of aromatic nitrogens is 2. The molecule has 32 heavy (non-hydrogen) atoms. The molecule has 2 N–H and O–H groups in total. The molecular weight excluding hydrogens is 398 g/mol. The number of nitrogens with zero attached hydrogens (tertiary/aromatic N) is 2. The van der Waals surface area contributed by atoms with Gasteiger partial charge in [-0.05, 0) is 47.8 Å². The molecule has 1 amide bonds. The van der Waals surface area contributed by atoms with E-state index >= 15 is 0 Å². The second-order valence-corrected chi connectivity index (χ2v) is 7.70. The van der Waals surface area contributed by atoms with E-state index in [4.69, 9.17) is 5.73 Å². The first-order chi connectivity index (χ1) is 15.5. The van der Waals surface area contributed by atoms with Gasteiger partial charge in [-0.3, -0.25) is 14.3 Å². The number of benzene rings is 2. The van der Waals surface area contributed by atoms with Gasteiger partial charge in [0.15, 0.2) is 0 Å². The highest BCUT2D eigenvalue weighted by atomic mass is 16.1. The van der Waals surface area contributed by atoms with Gasteiger partial charge in [-0.1, -0.05) is 72.5 Å². The normalized spacial score (nSPS) is 17.8. The molecule has 1 aliphatic rings. The Bertz CT molecular complexity index is 1270. The molecular formula is C27H23N3O2. The van der Waals surface area contributed by atoms with Crippen LogP contribution in [0.15, 0.2) is 78.4 Å². The van der Waals surface area contributed by atoms with Crippen LogP contribution in [0, 0.1) is 18.8 Å². The van der Waals surface area contributed by atoms with Crippen molar-refractivity contribution in [3.63, 3.8) is 0 Å². The molecule has 4 rings (SSSR count). The molecule has 0 saturated heterocycles. The number of hydrogen-bond donors (Lipinski definition) is 1. The topological polar surface area (TPSA) is 78.0 Å². The van der Waals surface area contributed by atoms with E-state index in [-0.39, 0.29) is 11.7 Å². The van der Waals surface area contributed by atoms with E-state index in [1.807, 2.05) is 37.3 Å². The van der Waals surface area contributed by atoms with Gasteiger partial charge in [0.05, 0.1) is 0 Å². The largest absolute Gasteiger partial charge is 0.364 e. The monoisotopic (exact) mass is 421 g/mol. The third-order valence-electron chi connectivity index (χ3n) is 5.39. The predicted molar refractivity (Wildman–Crippen MR) is 125 cm³/mol. The zero-order chi connectivity index (χ0) is 22.5. The minimum atomic E-state index is -0.543. The van der Waals surface area contributed by atoms with Crippen LogP contribution in [-0.4, -0.2) is 22.0 Å². The summed E-state index contributed by atoms with van der Waals surface area (Å²) in [4.78, 5) is 22.3. The lowest BCUT2D eigenvalue weighted by Gasteiger charge is -2.12. The van der Waals surface area contributed by atoms with Gasteiger partial charge in [0, 0.05) is 17.7 Å². The molecule has 1 heterocycles. The molecule has 2 aromatic carbocycles. The molecule has 0 bridgehead atoms. The average molecular weight is 422 g/mol. The van der Waals surface area contributed by atoms with Crippen molar-refractivity contribution in [2.24, 2.45) is 5.73 Å². The van der Waals surface area contributed by atoms with Crippen molar-refractivity contribution in [3.05, 3.63) is 101 Å². The summed E-state index contributed by atoms with van der Waals surface area (Å²) >= 11 is 0. The Kier molecular flexibility index (Phi) is 6.14. The molecule has 0 saturated carbocycles. The van der Waals surface area contributed by atoms with Crippen molar-refractivity contribution in [2.75, 3.05) is 0 Å². The minimum absolute atomic E-state index is 0.247. The Balaban J connectivity index is 1.48. The van der Waals surface area contributed by atoms with Crippen molar-refractivity contribution in [1.29, 1.82) is 0 Å². The number of nitrogens with two attached hydrogens (primary N) is 1. The lowest BCUT2D eigenvalue weighted by Crippen LogP contribution is -2.14. The zero-order valence-electron chi connectivity index (χ0n) is 17.8. The van der Waals surface area contributed by atoms with Gasteiger partial charge >= 0.3 is 0 Å². The molecule has 0 radical (unpaired) electrons. The number of amides is 1. The van der Waals surface area contributed by atoms with Crippen LogP contribution in [-0.2, 0) is 6.42 Å². The van der Waals surface area contributed by atoms with Gasteiger partial charge in [-0.15, -0.1) is 0 Å². The van der Waals surface area contributed by atoms with Crippen LogP contribution in [0.3, 0.4) is 0 Å². The van der Waals surface area contributed by atoms with E-state index in [0.717, 1.165) is 29.5 Å².